The predicted molar refractivity (Wildman–Crippen MR) is 86.5 cm³/mol. The Kier molecular flexibility index (Phi) is 3.96. The molecule has 2 aromatic carbocycles. The van der Waals surface area contributed by atoms with E-state index >= 15 is 0 Å². The van der Waals surface area contributed by atoms with Gasteiger partial charge in [0.15, 0.2) is 11.5 Å². The van der Waals surface area contributed by atoms with Crippen molar-refractivity contribution in [1.82, 2.24) is 0 Å². The summed E-state index contributed by atoms with van der Waals surface area (Å²) in [6.07, 6.45) is 0. The van der Waals surface area contributed by atoms with Crippen molar-refractivity contribution < 1.29 is 24.1 Å². The van der Waals surface area contributed by atoms with Crippen LogP contribution in [0.3, 0.4) is 0 Å². The number of aliphatic hydroxyl groups is 1. The van der Waals surface area contributed by atoms with Gasteiger partial charge in [-0.05, 0) is 12.1 Å². The van der Waals surface area contributed by atoms with Gasteiger partial charge in [0.1, 0.15) is 18.4 Å². The molecule has 6 nitrogen and oxygen atoms in total. The van der Waals surface area contributed by atoms with Gasteiger partial charge in [-0.2, -0.15) is 5.26 Å². The molecule has 6 heteroatoms. The van der Waals surface area contributed by atoms with Gasteiger partial charge in [-0.15, -0.1) is 0 Å². The fourth-order valence-corrected chi connectivity index (χ4v) is 2.98. The lowest BCUT2D eigenvalue weighted by molar-refractivity contribution is 0.0516. The van der Waals surface area contributed by atoms with Crippen LogP contribution in [0.2, 0.25) is 0 Å². The summed E-state index contributed by atoms with van der Waals surface area (Å²) in [4.78, 5) is 0. The maximum Gasteiger partial charge on any atom is 0.243 e. The molecule has 1 heterocycles. The minimum atomic E-state index is -1.55. The van der Waals surface area contributed by atoms with Crippen LogP contribution in [0, 0.1) is 11.3 Å². The SMILES string of the molecule is COc1cc2c(c(OC)c1OC)-c1ccccc1OC2(C#N)CO. The first kappa shape index (κ1) is 16.0. The highest BCUT2D eigenvalue weighted by molar-refractivity contribution is 5.86. The Balaban J connectivity index is 2.47. The third-order valence-electron chi connectivity index (χ3n) is 4.11. The first-order valence-corrected chi connectivity index (χ1v) is 7.29. The van der Waals surface area contributed by atoms with Crippen LogP contribution >= 0.6 is 0 Å². The van der Waals surface area contributed by atoms with E-state index in [1.807, 2.05) is 12.1 Å². The molecule has 0 fully saturated rings. The van der Waals surface area contributed by atoms with Crippen molar-refractivity contribution in [2.75, 3.05) is 27.9 Å². The van der Waals surface area contributed by atoms with Crippen molar-refractivity contribution in [2.45, 2.75) is 5.60 Å². The molecule has 0 saturated carbocycles. The van der Waals surface area contributed by atoms with E-state index in [4.69, 9.17) is 18.9 Å². The van der Waals surface area contributed by atoms with Crippen LogP contribution in [0.4, 0.5) is 0 Å². The number of para-hydroxylation sites is 1. The highest BCUT2D eigenvalue weighted by Gasteiger charge is 2.44. The lowest BCUT2D eigenvalue weighted by Crippen LogP contribution is -2.38. The molecule has 124 valence electrons. The highest BCUT2D eigenvalue weighted by atomic mass is 16.5. The molecule has 0 saturated heterocycles. The van der Waals surface area contributed by atoms with Crippen LogP contribution in [-0.2, 0) is 5.60 Å². The van der Waals surface area contributed by atoms with Crippen LogP contribution in [0.5, 0.6) is 23.0 Å². The summed E-state index contributed by atoms with van der Waals surface area (Å²) in [5, 5.41) is 19.6. The Morgan fingerprint density at radius 1 is 1.12 bits per heavy atom. The Morgan fingerprint density at radius 2 is 1.83 bits per heavy atom. The average Bonchev–Trinajstić information content (AvgIpc) is 2.65. The van der Waals surface area contributed by atoms with Crippen molar-refractivity contribution >= 4 is 0 Å². The van der Waals surface area contributed by atoms with Crippen molar-refractivity contribution in [2.24, 2.45) is 0 Å². The van der Waals surface area contributed by atoms with Crippen molar-refractivity contribution in [3.8, 4) is 40.2 Å². The molecule has 2 aromatic rings. The summed E-state index contributed by atoms with van der Waals surface area (Å²) < 4.78 is 22.2. The van der Waals surface area contributed by atoms with E-state index in [1.165, 1.54) is 21.3 Å². The molecule has 1 N–H and O–H groups in total. The van der Waals surface area contributed by atoms with Crippen LogP contribution < -0.4 is 18.9 Å². The molecule has 0 spiro atoms. The number of fused-ring (bicyclic) bond motifs is 3. The third kappa shape index (κ3) is 2.06. The van der Waals surface area contributed by atoms with E-state index in [9.17, 15) is 10.4 Å². The van der Waals surface area contributed by atoms with Gasteiger partial charge >= 0.3 is 0 Å². The number of ether oxygens (including phenoxy) is 4. The number of hydrogen-bond acceptors (Lipinski definition) is 6. The fraction of sp³-hybridized carbons (Fsp3) is 0.278. The predicted octanol–water partition coefficient (Wildman–Crippen LogP) is 2.48. The maximum atomic E-state index is 9.91. The summed E-state index contributed by atoms with van der Waals surface area (Å²) in [5.41, 5.74) is 0.328. The molecular formula is C18H17NO5. The number of aliphatic hydroxyl groups excluding tert-OH is 1. The number of methoxy groups -OCH3 is 3. The molecular weight excluding hydrogens is 310 g/mol. The van der Waals surface area contributed by atoms with Gasteiger partial charge in [-0.25, -0.2) is 0 Å². The molecule has 1 aliphatic rings. The minimum absolute atomic E-state index is 0.393. The Labute approximate surface area is 139 Å². The van der Waals surface area contributed by atoms with E-state index < -0.39 is 12.2 Å². The van der Waals surface area contributed by atoms with E-state index in [2.05, 4.69) is 6.07 Å². The Hall–Kier alpha value is -2.91. The molecule has 0 bridgehead atoms. The Morgan fingerprint density at radius 3 is 2.42 bits per heavy atom. The van der Waals surface area contributed by atoms with Crippen LogP contribution in [0.1, 0.15) is 5.56 Å². The smallest absolute Gasteiger partial charge is 0.243 e. The van der Waals surface area contributed by atoms with E-state index in [1.54, 1.807) is 18.2 Å². The lowest BCUT2D eigenvalue weighted by Gasteiger charge is -2.35. The molecule has 0 radical (unpaired) electrons. The first-order valence-electron chi connectivity index (χ1n) is 7.29. The molecule has 3 rings (SSSR count). The van der Waals surface area contributed by atoms with Crippen molar-refractivity contribution in [3.63, 3.8) is 0 Å². The van der Waals surface area contributed by atoms with Gasteiger partial charge in [-0.1, -0.05) is 18.2 Å². The summed E-state index contributed by atoms with van der Waals surface area (Å²) in [6, 6.07) is 11.0. The number of benzene rings is 2. The van der Waals surface area contributed by atoms with Crippen molar-refractivity contribution in [1.29, 1.82) is 5.26 Å². The molecule has 24 heavy (non-hydrogen) atoms. The van der Waals surface area contributed by atoms with E-state index in [0.29, 0.717) is 34.1 Å². The van der Waals surface area contributed by atoms with Gasteiger partial charge in [0.2, 0.25) is 11.4 Å². The van der Waals surface area contributed by atoms with Crippen molar-refractivity contribution in [3.05, 3.63) is 35.9 Å². The second kappa shape index (κ2) is 5.95. The molecule has 1 aliphatic heterocycles. The zero-order chi connectivity index (χ0) is 17.3. The second-order valence-corrected chi connectivity index (χ2v) is 5.26. The third-order valence-corrected chi connectivity index (χ3v) is 4.11. The average molecular weight is 327 g/mol. The standard InChI is InChI=1S/C18H17NO5/c1-21-14-8-12-15(17(23-3)16(14)22-2)11-6-4-5-7-13(11)24-18(12,9-19)10-20/h4-8,20H,10H2,1-3H3. The maximum absolute atomic E-state index is 9.91. The van der Waals surface area contributed by atoms with E-state index in [0.717, 1.165) is 5.56 Å². The molecule has 1 unspecified atom stereocenters. The quantitative estimate of drug-likeness (QED) is 0.929. The topological polar surface area (TPSA) is 80.9 Å². The van der Waals surface area contributed by atoms with Gasteiger partial charge in [0.25, 0.3) is 0 Å². The summed E-state index contributed by atoms with van der Waals surface area (Å²) in [5.74, 6) is 1.73. The van der Waals surface area contributed by atoms with Gasteiger partial charge in [-0.3, -0.25) is 0 Å². The molecule has 0 amide bonds. The minimum Gasteiger partial charge on any atom is -0.493 e. The van der Waals surface area contributed by atoms with E-state index in [-0.39, 0.29) is 0 Å². The number of nitriles is 1. The second-order valence-electron chi connectivity index (χ2n) is 5.26. The van der Waals surface area contributed by atoms with Crippen LogP contribution in [0.25, 0.3) is 11.1 Å². The zero-order valence-electron chi connectivity index (χ0n) is 13.6. The van der Waals surface area contributed by atoms with Crippen LogP contribution in [-0.4, -0.2) is 33.0 Å². The van der Waals surface area contributed by atoms with Gasteiger partial charge in [0, 0.05) is 16.7 Å². The summed E-state index contributed by atoms with van der Waals surface area (Å²) >= 11 is 0. The molecule has 0 aromatic heterocycles. The molecule has 1 atom stereocenters. The first-order chi connectivity index (χ1) is 11.7. The fourth-order valence-electron chi connectivity index (χ4n) is 2.98. The number of hydrogen-bond donors (Lipinski definition) is 1. The number of nitrogens with zero attached hydrogens (tertiary/aromatic N) is 1. The Bertz CT molecular complexity index is 827. The largest absolute Gasteiger partial charge is 0.493 e. The molecule has 0 aliphatic carbocycles. The normalized spacial score (nSPS) is 17.8. The van der Waals surface area contributed by atoms with Crippen LogP contribution in [0.15, 0.2) is 30.3 Å². The van der Waals surface area contributed by atoms with Gasteiger partial charge in [0.05, 0.1) is 21.3 Å². The summed E-state index contributed by atoms with van der Waals surface area (Å²) in [6.45, 7) is -0.510. The summed E-state index contributed by atoms with van der Waals surface area (Å²) in [7, 11) is 4.53. The lowest BCUT2D eigenvalue weighted by atomic mass is 9.84. The monoisotopic (exact) mass is 327 g/mol. The highest BCUT2D eigenvalue weighted by Crippen LogP contribution is 2.54. The van der Waals surface area contributed by atoms with Gasteiger partial charge < -0.3 is 24.1 Å². The number of rotatable bonds is 4. The zero-order valence-corrected chi connectivity index (χ0v) is 13.6.